The molecule has 2 bridgehead atoms. The maximum Gasteiger partial charge on any atom is 0.350 e. The first kappa shape index (κ1) is 17.0. The number of nitrogens with zero attached hydrogens (tertiary/aromatic N) is 2. The van der Waals surface area contributed by atoms with Crippen LogP contribution in [0.15, 0.2) is 44.5 Å². The quantitative estimate of drug-likeness (QED) is 0.686. The Morgan fingerprint density at radius 3 is 2.79 bits per heavy atom. The third kappa shape index (κ3) is 2.19. The van der Waals surface area contributed by atoms with Gasteiger partial charge in [-0.2, -0.15) is 5.10 Å². The van der Waals surface area contributed by atoms with E-state index in [9.17, 15) is 9.59 Å². The topological polar surface area (TPSA) is 92.2 Å². The fourth-order valence-corrected chi connectivity index (χ4v) is 4.80. The number of hydrogen-bond donors (Lipinski definition) is 2. The lowest BCUT2D eigenvalue weighted by atomic mass is 9.49. The van der Waals surface area contributed by atoms with E-state index in [-0.39, 0.29) is 5.41 Å². The molecule has 28 heavy (non-hydrogen) atoms. The number of allylic oxidation sites excluding steroid dienone is 2. The lowest BCUT2D eigenvalue weighted by Crippen LogP contribution is -2.48. The van der Waals surface area contributed by atoms with Gasteiger partial charge in [0.05, 0.1) is 29.7 Å². The average Bonchev–Trinajstić information content (AvgIpc) is 3.06. The zero-order valence-electron chi connectivity index (χ0n) is 16.1. The predicted molar refractivity (Wildman–Crippen MR) is 109 cm³/mol. The molecule has 0 radical (unpaired) electrons. The maximum absolute atomic E-state index is 12.9. The Labute approximate surface area is 160 Å². The van der Waals surface area contributed by atoms with Crippen molar-refractivity contribution in [3.8, 4) is 5.75 Å². The summed E-state index contributed by atoms with van der Waals surface area (Å²) in [5.41, 5.74) is 1.79. The molecule has 6 rings (SSSR count). The standard InChI is InChI=1S/C21H22N4O3/c1-21(2)12-8-7-11(13(21)9-12)10-22-25-19(26)18-17(24-20(25)27)16-14(23-18)5-4-6-15(16)28-3/h4-7,10,12-13,23H,8-9H2,1-3H3,(H,24,27). The summed E-state index contributed by atoms with van der Waals surface area (Å²) in [4.78, 5) is 31.4. The molecule has 2 N–H and O–H groups in total. The molecule has 2 atom stereocenters. The molecule has 3 aromatic rings. The van der Waals surface area contributed by atoms with Gasteiger partial charge in [-0.05, 0) is 47.8 Å². The van der Waals surface area contributed by atoms with Crippen molar-refractivity contribution in [3.63, 3.8) is 0 Å². The Balaban J connectivity index is 1.63. The second-order valence-corrected chi connectivity index (χ2v) is 8.30. The number of aromatic amines is 2. The van der Waals surface area contributed by atoms with E-state index >= 15 is 0 Å². The van der Waals surface area contributed by atoms with Gasteiger partial charge in [0, 0.05) is 0 Å². The molecular weight excluding hydrogens is 356 g/mol. The van der Waals surface area contributed by atoms with Crippen LogP contribution in [-0.4, -0.2) is 28.0 Å². The molecule has 144 valence electrons. The summed E-state index contributed by atoms with van der Waals surface area (Å²) in [5, 5.41) is 4.93. The first-order valence-electron chi connectivity index (χ1n) is 9.50. The first-order chi connectivity index (χ1) is 13.4. The van der Waals surface area contributed by atoms with Crippen LogP contribution in [-0.2, 0) is 0 Å². The van der Waals surface area contributed by atoms with Crippen LogP contribution in [0.4, 0.5) is 0 Å². The zero-order chi connectivity index (χ0) is 19.6. The van der Waals surface area contributed by atoms with Crippen LogP contribution in [0, 0.1) is 17.3 Å². The number of rotatable bonds is 3. The number of aromatic nitrogens is 3. The van der Waals surface area contributed by atoms with Gasteiger partial charge in [0.1, 0.15) is 11.3 Å². The van der Waals surface area contributed by atoms with E-state index in [1.54, 1.807) is 19.4 Å². The molecule has 1 fully saturated rings. The Morgan fingerprint density at radius 2 is 2.07 bits per heavy atom. The highest BCUT2D eigenvalue weighted by Gasteiger charge is 2.50. The summed E-state index contributed by atoms with van der Waals surface area (Å²) >= 11 is 0. The second-order valence-electron chi connectivity index (χ2n) is 8.30. The molecule has 3 aliphatic rings. The van der Waals surface area contributed by atoms with Crippen LogP contribution >= 0.6 is 0 Å². The molecule has 7 heteroatoms. The molecule has 1 aromatic carbocycles. The molecule has 2 unspecified atom stereocenters. The smallest absolute Gasteiger partial charge is 0.350 e. The highest BCUT2D eigenvalue weighted by atomic mass is 16.5. The van der Waals surface area contributed by atoms with Crippen molar-refractivity contribution >= 4 is 28.2 Å². The van der Waals surface area contributed by atoms with Gasteiger partial charge in [0.15, 0.2) is 0 Å². The van der Waals surface area contributed by atoms with Crippen molar-refractivity contribution in [2.45, 2.75) is 26.7 Å². The number of benzene rings is 1. The summed E-state index contributed by atoms with van der Waals surface area (Å²) in [6.07, 6.45) is 6.03. The van der Waals surface area contributed by atoms with Gasteiger partial charge < -0.3 is 14.7 Å². The molecule has 0 spiro atoms. The van der Waals surface area contributed by atoms with E-state index < -0.39 is 11.2 Å². The molecule has 3 aliphatic carbocycles. The van der Waals surface area contributed by atoms with E-state index in [0.29, 0.717) is 28.1 Å². The van der Waals surface area contributed by atoms with Crippen molar-refractivity contribution in [1.82, 2.24) is 14.6 Å². The minimum Gasteiger partial charge on any atom is -0.496 e. The molecular formula is C21H22N4O3. The van der Waals surface area contributed by atoms with Crippen LogP contribution in [0.5, 0.6) is 5.75 Å². The van der Waals surface area contributed by atoms with Crippen LogP contribution in [0.25, 0.3) is 21.9 Å². The molecule has 0 amide bonds. The molecule has 2 aromatic heterocycles. The van der Waals surface area contributed by atoms with Gasteiger partial charge in [0.2, 0.25) is 0 Å². The third-order valence-corrected chi connectivity index (χ3v) is 6.67. The number of fused-ring (bicyclic) bond motifs is 4. The largest absolute Gasteiger partial charge is 0.496 e. The Bertz CT molecular complexity index is 1290. The summed E-state index contributed by atoms with van der Waals surface area (Å²) < 4.78 is 6.27. The van der Waals surface area contributed by atoms with Crippen LogP contribution < -0.4 is 16.0 Å². The third-order valence-electron chi connectivity index (χ3n) is 6.67. The van der Waals surface area contributed by atoms with Crippen molar-refractivity contribution in [2.24, 2.45) is 22.4 Å². The van der Waals surface area contributed by atoms with E-state index in [0.717, 1.165) is 34.5 Å². The van der Waals surface area contributed by atoms with Crippen molar-refractivity contribution in [3.05, 3.63) is 50.7 Å². The number of H-pyrrole nitrogens is 2. The summed E-state index contributed by atoms with van der Waals surface area (Å²) in [6, 6.07) is 5.46. The van der Waals surface area contributed by atoms with Crippen LogP contribution in [0.3, 0.4) is 0 Å². The van der Waals surface area contributed by atoms with Crippen molar-refractivity contribution in [1.29, 1.82) is 0 Å². The fraction of sp³-hybridized carbons (Fsp3) is 0.381. The van der Waals surface area contributed by atoms with E-state index in [1.165, 1.54) is 0 Å². The van der Waals surface area contributed by atoms with Gasteiger partial charge >= 0.3 is 11.2 Å². The number of nitrogens with one attached hydrogen (secondary N) is 2. The summed E-state index contributed by atoms with van der Waals surface area (Å²) in [5.74, 6) is 1.75. The highest BCUT2D eigenvalue weighted by Crippen LogP contribution is 2.58. The first-order valence-corrected chi connectivity index (χ1v) is 9.50. The van der Waals surface area contributed by atoms with Crippen LogP contribution in [0.1, 0.15) is 26.7 Å². The van der Waals surface area contributed by atoms with Gasteiger partial charge in [-0.1, -0.05) is 26.0 Å². The fourth-order valence-electron chi connectivity index (χ4n) is 4.80. The number of ether oxygens (including phenoxy) is 1. The van der Waals surface area contributed by atoms with Gasteiger partial charge in [-0.3, -0.25) is 4.79 Å². The number of methoxy groups -OCH3 is 1. The normalized spacial score (nSPS) is 23.2. The Morgan fingerprint density at radius 1 is 1.25 bits per heavy atom. The average molecular weight is 378 g/mol. The van der Waals surface area contributed by atoms with E-state index in [2.05, 4.69) is 35.0 Å². The predicted octanol–water partition coefficient (Wildman–Crippen LogP) is 3.01. The molecule has 7 nitrogen and oxygen atoms in total. The minimum absolute atomic E-state index is 0.255. The number of hydrogen-bond acceptors (Lipinski definition) is 4. The highest BCUT2D eigenvalue weighted by molar-refractivity contribution is 6.07. The second kappa shape index (κ2) is 5.70. The Kier molecular flexibility index (Phi) is 3.47. The lowest BCUT2D eigenvalue weighted by Gasteiger charge is -2.55. The van der Waals surface area contributed by atoms with Crippen molar-refractivity contribution in [2.75, 3.05) is 7.11 Å². The van der Waals surface area contributed by atoms with Crippen molar-refractivity contribution < 1.29 is 4.74 Å². The minimum atomic E-state index is -0.567. The maximum atomic E-state index is 12.9. The zero-order valence-corrected chi connectivity index (χ0v) is 16.1. The molecule has 1 saturated carbocycles. The summed E-state index contributed by atoms with van der Waals surface area (Å²) in [7, 11) is 1.56. The molecule has 0 saturated heterocycles. The van der Waals surface area contributed by atoms with Gasteiger partial charge in [0.25, 0.3) is 0 Å². The van der Waals surface area contributed by atoms with E-state index in [1.807, 2.05) is 12.1 Å². The van der Waals surface area contributed by atoms with E-state index in [4.69, 9.17) is 4.74 Å². The SMILES string of the molecule is COc1cccc2[nH]c3c(=O)n(N=CC4=CCC5CC4C5(C)C)c(=O)[nH]c3c12. The molecule has 2 heterocycles. The lowest BCUT2D eigenvalue weighted by molar-refractivity contribution is -0.00127. The Hall–Kier alpha value is -3.09. The van der Waals surface area contributed by atoms with Crippen LogP contribution in [0.2, 0.25) is 0 Å². The monoisotopic (exact) mass is 378 g/mol. The van der Waals surface area contributed by atoms with Gasteiger partial charge in [-0.25, -0.2) is 4.79 Å². The summed E-state index contributed by atoms with van der Waals surface area (Å²) in [6.45, 7) is 4.55. The van der Waals surface area contributed by atoms with Gasteiger partial charge in [-0.15, -0.1) is 4.68 Å². The molecule has 0 aliphatic heterocycles.